The number of imidazole rings is 1. The van der Waals surface area contributed by atoms with Crippen LogP contribution >= 0.6 is 0 Å². The smallest absolute Gasteiger partial charge is 0.329 e. The van der Waals surface area contributed by atoms with Crippen molar-refractivity contribution in [1.29, 1.82) is 10.5 Å². The first-order chi connectivity index (χ1) is 19.5. The molecule has 4 aromatic carbocycles. The van der Waals surface area contributed by atoms with Crippen molar-refractivity contribution in [1.82, 2.24) is 9.13 Å². The summed E-state index contributed by atoms with van der Waals surface area (Å²) in [4.78, 5) is 14.3. The summed E-state index contributed by atoms with van der Waals surface area (Å²) in [6.07, 6.45) is 0. The SMILES string of the molecule is COc1ccc(-c2c(-c3ccc(OC)cc3)n(Cc3cccc(C#N)c3)c(=O)n2Cc2cccc(C#N)c2)cc1. The van der Waals surface area contributed by atoms with Gasteiger partial charge in [0.1, 0.15) is 11.5 Å². The van der Waals surface area contributed by atoms with E-state index in [0.717, 1.165) is 33.6 Å². The molecule has 5 aromatic rings. The van der Waals surface area contributed by atoms with Gasteiger partial charge in [-0.1, -0.05) is 24.3 Å². The number of nitriles is 2. The van der Waals surface area contributed by atoms with Crippen LogP contribution in [0.25, 0.3) is 22.5 Å². The van der Waals surface area contributed by atoms with Crippen LogP contribution in [0.4, 0.5) is 0 Å². The number of aromatic nitrogens is 2. The van der Waals surface area contributed by atoms with Crippen LogP contribution in [-0.4, -0.2) is 23.4 Å². The quantitative estimate of drug-likeness (QED) is 0.253. The van der Waals surface area contributed by atoms with E-state index in [0.29, 0.717) is 22.6 Å². The van der Waals surface area contributed by atoms with Gasteiger partial charge in [-0.05, 0) is 83.9 Å². The minimum atomic E-state index is -0.207. The fraction of sp³-hybridized carbons (Fsp3) is 0.121. The van der Waals surface area contributed by atoms with Gasteiger partial charge in [0.25, 0.3) is 0 Å². The summed E-state index contributed by atoms with van der Waals surface area (Å²) in [7, 11) is 3.23. The van der Waals surface area contributed by atoms with E-state index in [1.807, 2.05) is 72.8 Å². The third-order valence-electron chi connectivity index (χ3n) is 6.75. The highest BCUT2D eigenvalue weighted by atomic mass is 16.5. The molecule has 0 saturated carbocycles. The Morgan fingerprint density at radius 1 is 0.625 bits per heavy atom. The largest absolute Gasteiger partial charge is 0.497 e. The summed E-state index contributed by atoms with van der Waals surface area (Å²) < 4.78 is 14.2. The van der Waals surface area contributed by atoms with E-state index >= 15 is 0 Å². The number of hydrogen-bond acceptors (Lipinski definition) is 5. The van der Waals surface area contributed by atoms with Crippen LogP contribution in [-0.2, 0) is 13.1 Å². The molecule has 7 heteroatoms. The molecule has 40 heavy (non-hydrogen) atoms. The first-order valence-corrected chi connectivity index (χ1v) is 12.6. The van der Waals surface area contributed by atoms with E-state index in [1.54, 1.807) is 47.6 Å². The van der Waals surface area contributed by atoms with Crippen molar-refractivity contribution in [2.45, 2.75) is 13.1 Å². The van der Waals surface area contributed by atoms with Crippen molar-refractivity contribution in [3.8, 4) is 46.2 Å². The molecule has 196 valence electrons. The average Bonchev–Trinajstić information content (AvgIpc) is 3.27. The zero-order valence-corrected chi connectivity index (χ0v) is 22.2. The summed E-state index contributed by atoms with van der Waals surface area (Å²) in [6.45, 7) is 0.536. The van der Waals surface area contributed by atoms with E-state index in [4.69, 9.17) is 9.47 Å². The van der Waals surface area contributed by atoms with Gasteiger partial charge in [-0.15, -0.1) is 0 Å². The zero-order chi connectivity index (χ0) is 28.1. The van der Waals surface area contributed by atoms with E-state index < -0.39 is 0 Å². The highest BCUT2D eigenvalue weighted by Gasteiger charge is 2.23. The number of rotatable bonds is 8. The van der Waals surface area contributed by atoms with Gasteiger partial charge in [-0.3, -0.25) is 9.13 Å². The highest BCUT2D eigenvalue weighted by Crippen LogP contribution is 2.34. The van der Waals surface area contributed by atoms with Gasteiger partial charge >= 0.3 is 5.69 Å². The molecule has 7 nitrogen and oxygen atoms in total. The van der Waals surface area contributed by atoms with Gasteiger partial charge in [-0.2, -0.15) is 10.5 Å². The van der Waals surface area contributed by atoms with Gasteiger partial charge in [0.05, 0.1) is 62.0 Å². The number of benzene rings is 4. The highest BCUT2D eigenvalue weighted by molar-refractivity contribution is 5.80. The summed E-state index contributed by atoms with van der Waals surface area (Å²) in [5.74, 6) is 1.41. The predicted molar refractivity (Wildman–Crippen MR) is 153 cm³/mol. The Morgan fingerprint density at radius 3 is 1.38 bits per heavy atom. The second-order valence-electron chi connectivity index (χ2n) is 9.23. The molecule has 0 spiro atoms. The van der Waals surface area contributed by atoms with Crippen molar-refractivity contribution in [2.24, 2.45) is 0 Å². The second kappa shape index (κ2) is 11.5. The maximum atomic E-state index is 14.3. The molecule has 0 radical (unpaired) electrons. The molecule has 1 heterocycles. The molecule has 0 aliphatic carbocycles. The first-order valence-electron chi connectivity index (χ1n) is 12.6. The van der Waals surface area contributed by atoms with Gasteiger partial charge in [0.15, 0.2) is 0 Å². The molecule has 0 saturated heterocycles. The zero-order valence-electron chi connectivity index (χ0n) is 22.2. The number of ether oxygens (including phenoxy) is 2. The topological polar surface area (TPSA) is 93.0 Å². The van der Waals surface area contributed by atoms with Gasteiger partial charge < -0.3 is 9.47 Å². The molecule has 0 amide bonds. The second-order valence-corrected chi connectivity index (χ2v) is 9.23. The normalized spacial score (nSPS) is 10.5. The Balaban J connectivity index is 1.78. The predicted octanol–water partition coefficient (Wildman–Crippen LogP) is 5.84. The lowest BCUT2D eigenvalue weighted by Gasteiger charge is -2.13. The molecular weight excluding hydrogens is 500 g/mol. The third kappa shape index (κ3) is 5.22. The molecule has 0 aliphatic heterocycles. The minimum Gasteiger partial charge on any atom is -0.497 e. The van der Waals surface area contributed by atoms with Gasteiger partial charge in [0, 0.05) is 11.1 Å². The van der Waals surface area contributed by atoms with E-state index in [9.17, 15) is 15.3 Å². The van der Waals surface area contributed by atoms with Crippen molar-refractivity contribution in [3.63, 3.8) is 0 Å². The number of nitrogens with zero attached hydrogens (tertiary/aromatic N) is 4. The van der Waals surface area contributed by atoms with Crippen LogP contribution < -0.4 is 15.2 Å². The maximum Gasteiger partial charge on any atom is 0.329 e. The lowest BCUT2D eigenvalue weighted by Crippen LogP contribution is -2.26. The van der Waals surface area contributed by atoms with Crippen molar-refractivity contribution in [2.75, 3.05) is 14.2 Å². The fourth-order valence-electron chi connectivity index (χ4n) is 4.81. The van der Waals surface area contributed by atoms with Crippen LogP contribution in [0.2, 0.25) is 0 Å². The van der Waals surface area contributed by atoms with Crippen LogP contribution in [0.1, 0.15) is 22.3 Å². The maximum absolute atomic E-state index is 14.3. The van der Waals surface area contributed by atoms with E-state index in [1.165, 1.54) is 0 Å². The summed E-state index contributed by atoms with van der Waals surface area (Å²) >= 11 is 0. The summed E-state index contributed by atoms with van der Waals surface area (Å²) in [5.41, 5.74) is 5.66. The van der Waals surface area contributed by atoms with Crippen molar-refractivity contribution >= 4 is 0 Å². The Bertz CT molecular complexity index is 1670. The molecule has 1 aromatic heterocycles. The van der Waals surface area contributed by atoms with Crippen LogP contribution in [0.5, 0.6) is 11.5 Å². The molecule has 0 bridgehead atoms. The Hall–Kier alpha value is -5.53. The standard InChI is InChI=1S/C33H26N4O3/c1-39-29-13-9-27(10-14-29)31-32(28-11-15-30(40-2)16-12-28)37(22-26-8-4-6-24(18-26)20-35)33(38)36(31)21-25-7-3-5-23(17-25)19-34/h3-18H,21-22H2,1-2H3. The van der Waals surface area contributed by atoms with E-state index in [2.05, 4.69) is 12.1 Å². The summed E-state index contributed by atoms with van der Waals surface area (Å²) in [6, 6.07) is 34.1. The van der Waals surface area contributed by atoms with Crippen molar-refractivity contribution in [3.05, 3.63) is 130 Å². The molecule has 0 fully saturated rings. The van der Waals surface area contributed by atoms with Gasteiger partial charge in [0.2, 0.25) is 0 Å². The van der Waals surface area contributed by atoms with Crippen LogP contribution in [0.15, 0.2) is 102 Å². The molecule has 0 N–H and O–H groups in total. The van der Waals surface area contributed by atoms with Gasteiger partial charge in [-0.25, -0.2) is 4.79 Å². The van der Waals surface area contributed by atoms with Crippen LogP contribution in [0.3, 0.4) is 0 Å². The summed E-state index contributed by atoms with van der Waals surface area (Å²) in [5, 5.41) is 18.9. The molecule has 0 unspecified atom stereocenters. The monoisotopic (exact) mass is 526 g/mol. The lowest BCUT2D eigenvalue weighted by molar-refractivity contribution is 0.414. The van der Waals surface area contributed by atoms with E-state index in [-0.39, 0.29) is 18.8 Å². The fourth-order valence-corrected chi connectivity index (χ4v) is 4.81. The van der Waals surface area contributed by atoms with Crippen LogP contribution in [0, 0.1) is 22.7 Å². The molecule has 0 aliphatic rings. The average molecular weight is 527 g/mol. The number of hydrogen-bond donors (Lipinski definition) is 0. The Labute approximate surface area is 232 Å². The molecule has 0 atom stereocenters. The molecule has 5 rings (SSSR count). The molecular formula is C33H26N4O3. The lowest BCUT2D eigenvalue weighted by atomic mass is 10.0. The first kappa shape index (κ1) is 26.1. The Kier molecular flexibility index (Phi) is 7.48. The third-order valence-corrected chi connectivity index (χ3v) is 6.75. The minimum absolute atomic E-state index is 0.207. The van der Waals surface area contributed by atoms with Crippen molar-refractivity contribution < 1.29 is 9.47 Å². The Morgan fingerprint density at radius 2 is 1.02 bits per heavy atom. The number of methoxy groups -OCH3 is 2.